The van der Waals surface area contributed by atoms with Crippen LogP contribution in [0.15, 0.2) is 48.7 Å². The van der Waals surface area contributed by atoms with Crippen molar-refractivity contribution in [1.82, 2.24) is 14.4 Å². The zero-order valence-electron chi connectivity index (χ0n) is 23.7. The highest BCUT2D eigenvalue weighted by atomic mass is 16.5. The average molecular weight is 512 g/mol. The number of hydrogen-bond acceptors (Lipinski definition) is 3. The molecule has 0 atom stereocenters. The molecular formula is C31H49N3O3. The first kappa shape index (κ1) is 30.6. The minimum Gasteiger partial charge on any atom is -0.385 e. The Morgan fingerprint density at radius 3 is 2.27 bits per heavy atom. The van der Waals surface area contributed by atoms with Crippen molar-refractivity contribution in [2.75, 3.05) is 26.8 Å². The molecule has 2 rings (SSSR count). The molecule has 6 nitrogen and oxygen atoms in total. The van der Waals surface area contributed by atoms with E-state index < -0.39 is 0 Å². The van der Waals surface area contributed by atoms with Crippen LogP contribution in [0.25, 0.3) is 0 Å². The van der Waals surface area contributed by atoms with Crippen LogP contribution in [0.2, 0.25) is 0 Å². The van der Waals surface area contributed by atoms with Crippen molar-refractivity contribution in [2.24, 2.45) is 0 Å². The van der Waals surface area contributed by atoms with Gasteiger partial charge in [0.2, 0.25) is 11.8 Å². The van der Waals surface area contributed by atoms with Crippen LogP contribution in [0.1, 0.15) is 89.8 Å². The smallest absolute Gasteiger partial charge is 0.242 e. The van der Waals surface area contributed by atoms with Crippen LogP contribution < -0.4 is 0 Å². The molecule has 1 aromatic carbocycles. The predicted molar refractivity (Wildman–Crippen MR) is 151 cm³/mol. The summed E-state index contributed by atoms with van der Waals surface area (Å²) in [5, 5.41) is 0. The fourth-order valence-electron chi connectivity index (χ4n) is 4.60. The summed E-state index contributed by atoms with van der Waals surface area (Å²) in [6.07, 6.45) is 11.5. The molecule has 0 aliphatic rings. The fraction of sp³-hybridized carbons (Fsp3) is 0.613. The van der Waals surface area contributed by atoms with Gasteiger partial charge in [-0.25, -0.2) is 0 Å². The number of unbranched alkanes of at least 4 members (excludes halogenated alkanes) is 6. The molecule has 0 aliphatic carbocycles. The normalized spacial score (nSPS) is 11.2. The molecule has 1 heterocycles. The third kappa shape index (κ3) is 11.5. The maximum Gasteiger partial charge on any atom is 0.242 e. The van der Waals surface area contributed by atoms with E-state index in [4.69, 9.17) is 4.74 Å². The Morgan fingerprint density at radius 1 is 0.892 bits per heavy atom. The second kappa shape index (κ2) is 17.8. The maximum atomic E-state index is 13.5. The number of carbonyl (C=O) groups excluding carboxylic acids is 2. The lowest BCUT2D eigenvalue weighted by atomic mass is 10.1. The lowest BCUT2D eigenvalue weighted by molar-refractivity contribution is -0.142. The monoisotopic (exact) mass is 511 g/mol. The van der Waals surface area contributed by atoms with E-state index in [2.05, 4.69) is 35.9 Å². The Kier molecular flexibility index (Phi) is 14.7. The minimum absolute atomic E-state index is 0.00667. The zero-order chi connectivity index (χ0) is 26.9. The van der Waals surface area contributed by atoms with Crippen LogP contribution in [0.3, 0.4) is 0 Å². The van der Waals surface area contributed by atoms with Crippen LogP contribution in [-0.2, 0) is 27.4 Å². The molecule has 1 aromatic heterocycles. The summed E-state index contributed by atoms with van der Waals surface area (Å²) in [6.45, 7) is 8.84. The maximum absolute atomic E-state index is 13.5. The van der Waals surface area contributed by atoms with Gasteiger partial charge in [-0.15, -0.1) is 0 Å². The van der Waals surface area contributed by atoms with Crippen molar-refractivity contribution < 1.29 is 14.3 Å². The molecule has 0 aliphatic heterocycles. The van der Waals surface area contributed by atoms with Crippen molar-refractivity contribution >= 4 is 11.8 Å². The fourth-order valence-corrected chi connectivity index (χ4v) is 4.60. The van der Waals surface area contributed by atoms with E-state index in [0.717, 1.165) is 31.5 Å². The Labute approximate surface area is 225 Å². The van der Waals surface area contributed by atoms with E-state index in [1.54, 1.807) is 12.0 Å². The molecular weight excluding hydrogens is 462 g/mol. The molecule has 0 saturated heterocycles. The molecule has 0 fully saturated rings. The number of benzene rings is 1. The molecule has 0 saturated carbocycles. The number of aromatic nitrogens is 1. The second-order valence-corrected chi connectivity index (χ2v) is 10.3. The van der Waals surface area contributed by atoms with Gasteiger partial charge in [-0.05, 0) is 44.4 Å². The van der Waals surface area contributed by atoms with E-state index >= 15 is 0 Å². The van der Waals surface area contributed by atoms with E-state index in [1.165, 1.54) is 37.7 Å². The van der Waals surface area contributed by atoms with Gasteiger partial charge in [0.25, 0.3) is 0 Å². The highest BCUT2D eigenvalue weighted by Gasteiger charge is 2.23. The summed E-state index contributed by atoms with van der Waals surface area (Å²) >= 11 is 0. The van der Waals surface area contributed by atoms with Crippen molar-refractivity contribution in [3.05, 3.63) is 59.9 Å². The van der Waals surface area contributed by atoms with E-state index in [1.807, 2.05) is 43.0 Å². The first-order valence-electron chi connectivity index (χ1n) is 14.2. The Hall–Kier alpha value is -2.60. The summed E-state index contributed by atoms with van der Waals surface area (Å²) in [7, 11) is 1.67. The molecule has 0 spiro atoms. The lowest BCUT2D eigenvalue weighted by Crippen LogP contribution is -2.45. The number of ether oxygens (including phenoxy) is 1. The van der Waals surface area contributed by atoms with Gasteiger partial charge in [-0.3, -0.25) is 9.59 Å². The van der Waals surface area contributed by atoms with Crippen LogP contribution in [0.4, 0.5) is 0 Å². The highest BCUT2D eigenvalue weighted by Crippen LogP contribution is 2.15. The van der Waals surface area contributed by atoms with Crippen LogP contribution in [0, 0.1) is 0 Å². The summed E-state index contributed by atoms with van der Waals surface area (Å²) < 4.78 is 7.40. The molecule has 0 unspecified atom stereocenters. The SMILES string of the molecule is CCCCCCCCCC(=O)N(CCCOC)CC(=O)N(Cc1cccn1Cc1ccccc1)C(C)C. The average Bonchev–Trinajstić information content (AvgIpc) is 3.32. The molecule has 0 bridgehead atoms. The molecule has 6 heteroatoms. The quantitative estimate of drug-likeness (QED) is 0.209. The van der Waals surface area contributed by atoms with Gasteiger partial charge in [0.15, 0.2) is 0 Å². The summed E-state index contributed by atoms with van der Waals surface area (Å²) in [5.74, 6) is 0.0713. The van der Waals surface area contributed by atoms with Crippen molar-refractivity contribution in [1.29, 1.82) is 0 Å². The molecule has 0 N–H and O–H groups in total. The van der Waals surface area contributed by atoms with Gasteiger partial charge in [0, 0.05) is 51.2 Å². The Morgan fingerprint density at radius 2 is 1.59 bits per heavy atom. The Bertz CT molecular complexity index is 894. The second-order valence-electron chi connectivity index (χ2n) is 10.3. The number of nitrogens with zero attached hydrogens (tertiary/aromatic N) is 3. The van der Waals surface area contributed by atoms with E-state index in [0.29, 0.717) is 26.1 Å². The minimum atomic E-state index is -0.00667. The van der Waals surface area contributed by atoms with Crippen LogP contribution >= 0.6 is 0 Å². The van der Waals surface area contributed by atoms with Crippen molar-refractivity contribution in [3.63, 3.8) is 0 Å². The molecule has 2 aromatic rings. The first-order chi connectivity index (χ1) is 18.0. The largest absolute Gasteiger partial charge is 0.385 e. The predicted octanol–water partition coefficient (Wildman–Crippen LogP) is 6.28. The van der Waals surface area contributed by atoms with Gasteiger partial charge in [-0.2, -0.15) is 0 Å². The number of amides is 2. The van der Waals surface area contributed by atoms with Gasteiger partial charge in [0.05, 0.1) is 13.1 Å². The molecule has 37 heavy (non-hydrogen) atoms. The van der Waals surface area contributed by atoms with Crippen molar-refractivity contribution in [2.45, 2.75) is 97.7 Å². The van der Waals surface area contributed by atoms with Gasteiger partial charge in [-0.1, -0.05) is 75.8 Å². The number of hydrogen-bond donors (Lipinski definition) is 0. The van der Waals surface area contributed by atoms with Crippen molar-refractivity contribution in [3.8, 4) is 0 Å². The topological polar surface area (TPSA) is 54.8 Å². The molecule has 2 amide bonds. The summed E-state index contributed by atoms with van der Waals surface area (Å²) in [6, 6.07) is 14.5. The molecule has 206 valence electrons. The van der Waals surface area contributed by atoms with E-state index in [-0.39, 0.29) is 24.4 Å². The van der Waals surface area contributed by atoms with Gasteiger partial charge >= 0.3 is 0 Å². The molecule has 0 radical (unpaired) electrons. The number of carbonyl (C=O) groups is 2. The first-order valence-corrected chi connectivity index (χ1v) is 14.2. The highest BCUT2D eigenvalue weighted by molar-refractivity contribution is 5.85. The van der Waals surface area contributed by atoms with Gasteiger partial charge in [0.1, 0.15) is 0 Å². The Balaban J connectivity index is 1.98. The standard InChI is InChI=1S/C31H49N3O3/c1-5-6-7-8-9-10-14-20-30(35)33(22-16-23-37-4)26-31(36)34(27(2)3)25-29-19-15-21-32(29)24-28-17-12-11-13-18-28/h11-13,15,17-19,21,27H,5-10,14,16,20,22-26H2,1-4H3. The zero-order valence-corrected chi connectivity index (χ0v) is 23.7. The number of methoxy groups -OCH3 is 1. The van der Waals surface area contributed by atoms with Crippen LogP contribution in [-0.4, -0.2) is 59.0 Å². The van der Waals surface area contributed by atoms with Crippen LogP contribution in [0.5, 0.6) is 0 Å². The third-order valence-corrected chi connectivity index (χ3v) is 6.84. The van der Waals surface area contributed by atoms with E-state index in [9.17, 15) is 9.59 Å². The summed E-state index contributed by atoms with van der Waals surface area (Å²) in [5.41, 5.74) is 2.31. The lowest BCUT2D eigenvalue weighted by Gasteiger charge is -2.31. The third-order valence-electron chi connectivity index (χ3n) is 6.84. The number of rotatable bonds is 19. The summed E-state index contributed by atoms with van der Waals surface area (Å²) in [4.78, 5) is 30.2. The van der Waals surface area contributed by atoms with Gasteiger partial charge < -0.3 is 19.1 Å².